The van der Waals surface area contributed by atoms with Gasteiger partial charge < -0.3 is 35.6 Å². The van der Waals surface area contributed by atoms with Crippen LogP contribution >= 0.6 is 0 Å². The van der Waals surface area contributed by atoms with E-state index in [1.807, 2.05) is 0 Å². The molecule has 0 spiro atoms. The molecule has 0 aliphatic carbocycles. The molecular weight excluding hydrogens is 514 g/mol. The standard InChI is InChI=1S/C16H17FN2O4.C11H9FN2O2/c1-4-5-19-10(2)9-23-14-6-11(17)12(7-13(14)19)18-15(20)8-16(3,21)22;1-2-3-14-9-5-8(13)7(12)4-10(9)16-6-11(14)15/h1,6-7,21-22H,2,5,8-9H2,3H3,(H,18,20);1,4-5H,3,6,13H2. The zero-order valence-corrected chi connectivity index (χ0v) is 21.0. The molecule has 12 heteroatoms. The van der Waals surface area contributed by atoms with Crippen molar-refractivity contribution in [2.24, 2.45) is 0 Å². The van der Waals surface area contributed by atoms with E-state index in [2.05, 4.69) is 23.7 Å². The fraction of sp³-hybridized carbons (Fsp3) is 0.259. The highest BCUT2D eigenvalue weighted by atomic mass is 19.1. The Bertz CT molecular complexity index is 1390. The highest BCUT2D eigenvalue weighted by molar-refractivity contribution is 5.98. The number of aliphatic hydroxyl groups is 2. The lowest BCUT2D eigenvalue weighted by Crippen LogP contribution is -2.39. The van der Waals surface area contributed by atoms with Crippen LogP contribution in [0.2, 0.25) is 0 Å². The number of nitrogens with zero attached hydrogens (tertiary/aromatic N) is 2. The quantitative estimate of drug-likeness (QED) is 0.257. The van der Waals surface area contributed by atoms with Crippen LogP contribution in [-0.4, -0.2) is 54.1 Å². The lowest BCUT2D eigenvalue weighted by molar-refractivity contribution is -0.158. The Hall–Kier alpha value is -4.78. The summed E-state index contributed by atoms with van der Waals surface area (Å²) in [5.41, 5.74) is 6.77. The minimum Gasteiger partial charge on any atom is -0.485 e. The predicted molar refractivity (Wildman–Crippen MR) is 141 cm³/mol. The van der Waals surface area contributed by atoms with Crippen molar-refractivity contribution in [2.75, 3.05) is 47.2 Å². The van der Waals surface area contributed by atoms with Crippen LogP contribution in [-0.2, 0) is 9.59 Å². The number of nitrogens with two attached hydrogens (primary N) is 1. The number of terminal acetylenes is 2. The Morgan fingerprint density at radius 2 is 1.64 bits per heavy atom. The molecule has 0 saturated heterocycles. The molecule has 10 nitrogen and oxygen atoms in total. The van der Waals surface area contributed by atoms with E-state index >= 15 is 0 Å². The summed E-state index contributed by atoms with van der Waals surface area (Å²) in [4.78, 5) is 26.3. The minimum atomic E-state index is -2.18. The largest absolute Gasteiger partial charge is 0.485 e. The second-order valence-electron chi connectivity index (χ2n) is 8.70. The van der Waals surface area contributed by atoms with Gasteiger partial charge in [-0.25, -0.2) is 8.78 Å². The zero-order chi connectivity index (χ0) is 28.9. The molecule has 2 heterocycles. The lowest BCUT2D eigenvalue weighted by Gasteiger charge is -2.32. The highest BCUT2D eigenvalue weighted by Crippen LogP contribution is 2.38. The number of fused-ring (bicyclic) bond motifs is 2. The fourth-order valence-corrected chi connectivity index (χ4v) is 3.66. The van der Waals surface area contributed by atoms with E-state index in [4.69, 9.17) is 28.1 Å². The van der Waals surface area contributed by atoms with Crippen molar-refractivity contribution in [2.45, 2.75) is 19.1 Å². The average molecular weight is 541 g/mol. The molecule has 0 unspecified atom stereocenters. The summed E-state index contributed by atoms with van der Waals surface area (Å²) in [7, 11) is 0. The molecule has 0 aromatic heterocycles. The first-order valence-electron chi connectivity index (χ1n) is 11.4. The number of carbonyl (C=O) groups is 2. The summed E-state index contributed by atoms with van der Waals surface area (Å²) >= 11 is 0. The Morgan fingerprint density at radius 3 is 2.26 bits per heavy atom. The van der Waals surface area contributed by atoms with Gasteiger partial charge in [-0.3, -0.25) is 14.5 Å². The van der Waals surface area contributed by atoms with Crippen LogP contribution in [0.4, 0.5) is 31.5 Å². The smallest absolute Gasteiger partial charge is 0.265 e. The molecule has 0 saturated carbocycles. The van der Waals surface area contributed by atoms with Gasteiger partial charge in [-0.2, -0.15) is 0 Å². The topological polar surface area (TPSA) is 138 Å². The van der Waals surface area contributed by atoms with Crippen molar-refractivity contribution < 1.29 is 38.1 Å². The Balaban J connectivity index is 0.000000230. The Morgan fingerprint density at radius 1 is 1.08 bits per heavy atom. The minimum absolute atomic E-state index is 0.0425. The third-order valence-corrected chi connectivity index (χ3v) is 5.41. The third-order valence-electron chi connectivity index (χ3n) is 5.41. The first-order chi connectivity index (χ1) is 18.3. The monoisotopic (exact) mass is 540 g/mol. The van der Waals surface area contributed by atoms with Crippen molar-refractivity contribution in [3.63, 3.8) is 0 Å². The molecule has 0 atom stereocenters. The van der Waals surface area contributed by atoms with Crippen LogP contribution < -0.4 is 30.3 Å². The maximum absolute atomic E-state index is 14.1. The van der Waals surface area contributed by atoms with Gasteiger partial charge >= 0.3 is 0 Å². The number of ether oxygens (including phenoxy) is 2. The molecule has 2 aliphatic rings. The molecule has 0 radical (unpaired) electrons. The average Bonchev–Trinajstić information content (AvgIpc) is 2.84. The number of carbonyl (C=O) groups excluding carboxylic acids is 2. The van der Waals surface area contributed by atoms with E-state index in [0.29, 0.717) is 17.1 Å². The SMILES string of the molecule is C#CCN1C(=C)COc2cc(F)c(NC(=O)CC(C)(O)O)cc21.C#CCN1C(=O)COc2cc(F)c(N)cc21. The molecular formula is C27H26F2N4O6. The van der Waals surface area contributed by atoms with Gasteiger partial charge in [-0.1, -0.05) is 18.4 Å². The summed E-state index contributed by atoms with van der Waals surface area (Å²) in [6.07, 6.45) is 9.88. The van der Waals surface area contributed by atoms with E-state index in [-0.39, 0.29) is 55.1 Å². The van der Waals surface area contributed by atoms with Crippen molar-refractivity contribution in [3.05, 3.63) is 48.2 Å². The van der Waals surface area contributed by atoms with Gasteiger partial charge in [0.2, 0.25) is 5.91 Å². The molecule has 4 rings (SSSR count). The van der Waals surface area contributed by atoms with Gasteiger partial charge in [-0.15, -0.1) is 12.8 Å². The number of amides is 2. The summed E-state index contributed by atoms with van der Waals surface area (Å²) in [6.45, 7) is 5.27. The number of nitrogens with one attached hydrogen (secondary N) is 1. The number of halogens is 2. The Labute approximate surface area is 223 Å². The number of rotatable bonds is 5. The zero-order valence-electron chi connectivity index (χ0n) is 21.0. The van der Waals surface area contributed by atoms with Crippen molar-refractivity contribution in [1.29, 1.82) is 0 Å². The molecule has 5 N–H and O–H groups in total. The lowest BCUT2D eigenvalue weighted by atomic mass is 10.1. The van der Waals surface area contributed by atoms with Gasteiger partial charge in [-0.05, 0) is 19.1 Å². The Kier molecular flexibility index (Phi) is 8.66. The molecule has 2 aliphatic heterocycles. The normalized spacial score (nSPS) is 13.9. The molecule has 2 aromatic carbocycles. The number of hydrogen-bond donors (Lipinski definition) is 4. The summed E-state index contributed by atoms with van der Waals surface area (Å²) in [6, 6.07) is 5.01. The third kappa shape index (κ3) is 6.96. The molecule has 39 heavy (non-hydrogen) atoms. The highest BCUT2D eigenvalue weighted by Gasteiger charge is 2.27. The van der Waals surface area contributed by atoms with Gasteiger partial charge in [0.1, 0.15) is 23.9 Å². The van der Waals surface area contributed by atoms with E-state index in [1.165, 1.54) is 17.0 Å². The van der Waals surface area contributed by atoms with Crippen molar-refractivity contribution >= 4 is 34.6 Å². The van der Waals surface area contributed by atoms with E-state index < -0.39 is 29.7 Å². The van der Waals surface area contributed by atoms with E-state index in [9.17, 15) is 28.6 Å². The number of nitrogen functional groups attached to an aromatic ring is 1. The summed E-state index contributed by atoms with van der Waals surface area (Å²) < 4.78 is 37.7. The second-order valence-corrected chi connectivity index (χ2v) is 8.70. The van der Waals surface area contributed by atoms with Gasteiger partial charge in [0, 0.05) is 17.8 Å². The van der Waals surface area contributed by atoms with Crippen LogP contribution in [0.25, 0.3) is 0 Å². The van der Waals surface area contributed by atoms with E-state index in [1.54, 1.807) is 4.90 Å². The van der Waals surface area contributed by atoms with Crippen LogP contribution in [0.1, 0.15) is 13.3 Å². The molecule has 0 bridgehead atoms. The first-order valence-corrected chi connectivity index (χ1v) is 11.4. The van der Waals surface area contributed by atoms with Crippen molar-refractivity contribution in [1.82, 2.24) is 0 Å². The van der Waals surface area contributed by atoms with Crippen LogP contribution in [0.15, 0.2) is 36.5 Å². The maximum atomic E-state index is 14.1. The van der Waals surface area contributed by atoms with Gasteiger partial charge in [0.25, 0.3) is 5.91 Å². The molecule has 0 fully saturated rings. The maximum Gasteiger partial charge on any atom is 0.265 e. The first kappa shape index (κ1) is 28.8. The summed E-state index contributed by atoms with van der Waals surface area (Å²) in [5, 5.41) is 20.7. The van der Waals surface area contributed by atoms with Crippen LogP contribution in [0.5, 0.6) is 11.5 Å². The predicted octanol–water partition coefficient (Wildman–Crippen LogP) is 1.97. The number of anilines is 4. The summed E-state index contributed by atoms with van der Waals surface area (Å²) in [5.74, 6) is 0.936. The fourth-order valence-electron chi connectivity index (χ4n) is 3.66. The molecule has 2 amide bonds. The van der Waals surface area contributed by atoms with Crippen LogP contribution in [0.3, 0.4) is 0 Å². The van der Waals surface area contributed by atoms with Gasteiger partial charge in [0.15, 0.2) is 18.2 Å². The van der Waals surface area contributed by atoms with E-state index in [0.717, 1.165) is 19.1 Å². The second kappa shape index (κ2) is 11.7. The number of hydrogen-bond acceptors (Lipinski definition) is 8. The van der Waals surface area contributed by atoms with Crippen LogP contribution in [0, 0.1) is 36.3 Å². The molecule has 2 aromatic rings. The number of benzene rings is 2. The molecule has 204 valence electrons. The van der Waals surface area contributed by atoms with Gasteiger partial charge in [0.05, 0.1) is 42.3 Å². The van der Waals surface area contributed by atoms with Crippen molar-refractivity contribution in [3.8, 4) is 36.2 Å².